The Morgan fingerprint density at radius 1 is 1.67 bits per heavy atom. The van der Waals surface area contributed by atoms with Gasteiger partial charge in [0, 0.05) is 23.5 Å². The molecule has 1 heterocycles. The third-order valence-electron chi connectivity index (χ3n) is 0.623. The van der Waals surface area contributed by atoms with Crippen molar-refractivity contribution in [3.8, 4) is 0 Å². The molecular formula is C3H5AlOP. The number of hydrogen-bond donors (Lipinski definition) is 0. The van der Waals surface area contributed by atoms with Crippen molar-refractivity contribution in [1.82, 2.24) is 0 Å². The fourth-order valence-corrected chi connectivity index (χ4v) is 0.642. The van der Waals surface area contributed by atoms with E-state index in [1.807, 2.05) is 6.08 Å². The second kappa shape index (κ2) is 2.64. The Labute approximate surface area is 48.4 Å². The van der Waals surface area contributed by atoms with Crippen LogP contribution in [0.15, 0.2) is 11.9 Å². The minimum Gasteiger partial charge on any atom is -0.322 e. The molecule has 0 amide bonds. The van der Waals surface area contributed by atoms with Crippen molar-refractivity contribution in [1.29, 1.82) is 0 Å². The highest BCUT2D eigenvalue weighted by Gasteiger charge is 1.95. The molecule has 31 valence electrons. The first-order valence-electron chi connectivity index (χ1n) is 1.59. The summed E-state index contributed by atoms with van der Waals surface area (Å²) in [4.78, 5) is 0. The van der Waals surface area contributed by atoms with Crippen molar-refractivity contribution in [2.75, 3.05) is 6.16 Å². The van der Waals surface area contributed by atoms with Gasteiger partial charge in [0.1, 0.15) is 7.80 Å². The summed E-state index contributed by atoms with van der Waals surface area (Å²) in [6.07, 6.45) is 2.78. The van der Waals surface area contributed by atoms with E-state index in [0.717, 1.165) is 6.16 Å². The van der Waals surface area contributed by atoms with E-state index < -0.39 is 7.80 Å². The van der Waals surface area contributed by atoms with Gasteiger partial charge < -0.3 is 4.57 Å². The van der Waals surface area contributed by atoms with Gasteiger partial charge in [-0.15, -0.1) is 0 Å². The molecule has 0 bridgehead atoms. The summed E-state index contributed by atoms with van der Waals surface area (Å²) >= 11 is 0. The molecule has 6 heavy (non-hydrogen) atoms. The van der Waals surface area contributed by atoms with E-state index in [0.29, 0.717) is 0 Å². The summed E-state index contributed by atoms with van der Waals surface area (Å²) in [5.41, 5.74) is 0. The molecule has 0 saturated carbocycles. The van der Waals surface area contributed by atoms with Gasteiger partial charge in [-0.25, -0.2) is 0 Å². The molecule has 1 rings (SSSR count). The Kier molecular flexibility index (Phi) is 2.86. The zero-order chi connectivity index (χ0) is 3.70. The Hall–Kier alpha value is 0.502. The van der Waals surface area contributed by atoms with Gasteiger partial charge in [-0.2, -0.15) is 0 Å². The molecule has 0 saturated heterocycles. The molecule has 1 aliphatic heterocycles. The van der Waals surface area contributed by atoms with Crippen LogP contribution in [0.5, 0.6) is 0 Å². The van der Waals surface area contributed by atoms with Gasteiger partial charge in [-0.05, 0) is 5.82 Å². The smallest absolute Gasteiger partial charge is 0.100 e. The van der Waals surface area contributed by atoms with E-state index in [-0.39, 0.29) is 17.4 Å². The molecule has 3 heteroatoms. The lowest BCUT2D eigenvalue weighted by atomic mass is 10.7. The molecular weight excluding hydrogens is 110 g/mol. The summed E-state index contributed by atoms with van der Waals surface area (Å²) in [5.74, 6) is 1.77. The molecule has 0 aromatic heterocycles. The van der Waals surface area contributed by atoms with Crippen LogP contribution in [0.2, 0.25) is 0 Å². The van der Waals surface area contributed by atoms with Crippen LogP contribution in [0.25, 0.3) is 0 Å². The third kappa shape index (κ3) is 1.31. The van der Waals surface area contributed by atoms with E-state index >= 15 is 0 Å². The molecule has 1 atom stereocenters. The predicted octanol–water partition coefficient (Wildman–Crippen LogP) is 0.693. The van der Waals surface area contributed by atoms with Crippen LogP contribution in [0.3, 0.4) is 0 Å². The second-order valence-electron chi connectivity index (χ2n) is 1.07. The Morgan fingerprint density at radius 2 is 2.00 bits per heavy atom. The molecule has 0 aromatic rings. The minimum atomic E-state index is -1.12. The highest BCUT2D eigenvalue weighted by Crippen LogP contribution is 2.29. The van der Waals surface area contributed by atoms with Crippen LogP contribution in [-0.2, 0) is 4.57 Å². The van der Waals surface area contributed by atoms with E-state index in [1.165, 1.54) is 0 Å². The molecule has 3 radical (unpaired) electrons. The standard InChI is InChI=1S/C3H5OP.Al/c4-5-2-1-3-5;/h1-2,5H,3H2;. The van der Waals surface area contributed by atoms with Gasteiger partial charge in [-0.3, -0.25) is 0 Å². The predicted molar refractivity (Wildman–Crippen MR) is 28.8 cm³/mol. The monoisotopic (exact) mass is 115 g/mol. The van der Waals surface area contributed by atoms with E-state index in [1.54, 1.807) is 5.82 Å². The molecule has 1 nitrogen and oxygen atoms in total. The molecule has 0 aromatic carbocycles. The maximum Gasteiger partial charge on any atom is 0.100 e. The lowest BCUT2D eigenvalue weighted by molar-refractivity contribution is 0.592. The summed E-state index contributed by atoms with van der Waals surface area (Å²) < 4.78 is 10.00. The van der Waals surface area contributed by atoms with Crippen molar-refractivity contribution in [3.05, 3.63) is 11.9 Å². The summed E-state index contributed by atoms with van der Waals surface area (Å²) in [5, 5.41) is 0. The lowest BCUT2D eigenvalue weighted by Crippen LogP contribution is -1.73. The van der Waals surface area contributed by atoms with E-state index in [9.17, 15) is 4.57 Å². The van der Waals surface area contributed by atoms with Gasteiger partial charge in [0.25, 0.3) is 0 Å². The van der Waals surface area contributed by atoms with Crippen LogP contribution in [0.1, 0.15) is 0 Å². The molecule has 0 fully saturated rings. The van der Waals surface area contributed by atoms with Gasteiger partial charge >= 0.3 is 0 Å². The molecule has 0 N–H and O–H groups in total. The lowest BCUT2D eigenvalue weighted by Gasteiger charge is -1.94. The van der Waals surface area contributed by atoms with Crippen LogP contribution >= 0.6 is 7.80 Å². The number of hydrogen-bond acceptors (Lipinski definition) is 1. The largest absolute Gasteiger partial charge is 0.322 e. The maximum atomic E-state index is 10.00. The summed E-state index contributed by atoms with van der Waals surface area (Å²) in [6.45, 7) is 0. The highest BCUT2D eigenvalue weighted by molar-refractivity contribution is 7.50. The van der Waals surface area contributed by atoms with Crippen LogP contribution in [0.4, 0.5) is 0 Å². The Morgan fingerprint density at radius 3 is 2.00 bits per heavy atom. The van der Waals surface area contributed by atoms with Crippen LogP contribution < -0.4 is 0 Å². The van der Waals surface area contributed by atoms with Gasteiger partial charge in [0.2, 0.25) is 0 Å². The quantitative estimate of drug-likeness (QED) is 0.335. The highest BCUT2D eigenvalue weighted by atomic mass is 31.1. The van der Waals surface area contributed by atoms with E-state index in [2.05, 4.69) is 0 Å². The zero-order valence-electron chi connectivity index (χ0n) is 3.35. The van der Waals surface area contributed by atoms with Crippen LogP contribution in [0, 0.1) is 0 Å². The topological polar surface area (TPSA) is 17.1 Å². The average Bonchev–Trinajstić information content (AvgIpc) is 1.30. The SMILES string of the molecule is O=[PH]1C=CC1.[Al]. The van der Waals surface area contributed by atoms with Crippen molar-refractivity contribution in [2.45, 2.75) is 0 Å². The summed E-state index contributed by atoms with van der Waals surface area (Å²) in [6, 6.07) is 0. The molecule has 0 aliphatic carbocycles. The first-order valence-corrected chi connectivity index (χ1v) is 3.28. The average molecular weight is 115 g/mol. The normalized spacial score (nSPS) is 27.7. The van der Waals surface area contributed by atoms with E-state index in [4.69, 9.17) is 0 Å². The van der Waals surface area contributed by atoms with Crippen molar-refractivity contribution in [2.24, 2.45) is 0 Å². The molecule has 0 spiro atoms. The van der Waals surface area contributed by atoms with Crippen molar-refractivity contribution in [3.63, 3.8) is 0 Å². The second-order valence-corrected chi connectivity index (χ2v) is 2.75. The maximum absolute atomic E-state index is 10.00. The van der Waals surface area contributed by atoms with Crippen molar-refractivity contribution < 1.29 is 4.57 Å². The fraction of sp³-hybridized carbons (Fsp3) is 0.333. The van der Waals surface area contributed by atoms with Gasteiger partial charge in [0.05, 0.1) is 0 Å². The molecule has 1 aliphatic rings. The Balaban J connectivity index is 0.000000250. The number of rotatable bonds is 0. The van der Waals surface area contributed by atoms with Gasteiger partial charge in [-0.1, -0.05) is 6.08 Å². The summed E-state index contributed by atoms with van der Waals surface area (Å²) in [7, 11) is -1.12. The number of allylic oxidation sites excluding steroid dienone is 1. The van der Waals surface area contributed by atoms with Crippen LogP contribution in [-0.4, -0.2) is 23.5 Å². The zero-order valence-corrected chi connectivity index (χ0v) is 5.50. The Bertz CT molecular complexity index is 88.8. The van der Waals surface area contributed by atoms with Gasteiger partial charge in [0.15, 0.2) is 0 Å². The fourth-order valence-electron chi connectivity index (χ4n) is 0.214. The van der Waals surface area contributed by atoms with Crippen molar-refractivity contribution >= 4 is 25.2 Å². The first-order chi connectivity index (χ1) is 2.39. The molecule has 1 unspecified atom stereocenters. The first kappa shape index (κ1) is 6.50. The minimum absolute atomic E-state index is 0. The third-order valence-corrected chi connectivity index (χ3v) is 1.87.